The quantitative estimate of drug-likeness (QED) is 0.669. The summed E-state index contributed by atoms with van der Waals surface area (Å²) in [5, 5.41) is 2.84. The lowest BCUT2D eigenvalue weighted by Crippen LogP contribution is -2.40. The predicted molar refractivity (Wildman–Crippen MR) is 89.9 cm³/mol. The van der Waals surface area contributed by atoms with Gasteiger partial charge in [0.15, 0.2) is 0 Å². The standard InChI is InChI=1S/C18H24N2O3/c1-11-13-9-12(7-8-14(21)23-17(2,3)4)10-19-15(13)20-16(22)18(11,5)6/h7-11H,1-6H3,(H,19,20,22)/b8-7+. The van der Waals surface area contributed by atoms with Crippen molar-refractivity contribution in [3.63, 3.8) is 0 Å². The molecule has 1 aliphatic heterocycles. The third-order valence-corrected chi connectivity index (χ3v) is 4.12. The monoisotopic (exact) mass is 316 g/mol. The molecule has 1 N–H and O–H groups in total. The number of esters is 1. The van der Waals surface area contributed by atoms with Gasteiger partial charge in [-0.15, -0.1) is 0 Å². The zero-order chi connectivity index (χ0) is 17.4. The van der Waals surface area contributed by atoms with E-state index in [0.717, 1.165) is 11.1 Å². The molecule has 1 unspecified atom stereocenters. The van der Waals surface area contributed by atoms with Crippen molar-refractivity contribution in [3.05, 3.63) is 29.5 Å². The van der Waals surface area contributed by atoms with Crippen molar-refractivity contribution in [1.29, 1.82) is 0 Å². The zero-order valence-corrected chi connectivity index (χ0v) is 14.6. The molecule has 1 aromatic rings. The summed E-state index contributed by atoms with van der Waals surface area (Å²) in [7, 11) is 0. The fraction of sp³-hybridized carbons (Fsp3) is 0.500. The molecule has 0 saturated heterocycles. The average Bonchev–Trinajstić information content (AvgIpc) is 2.42. The third kappa shape index (κ3) is 3.78. The summed E-state index contributed by atoms with van der Waals surface area (Å²) >= 11 is 0. The molecule has 0 aliphatic carbocycles. The molecule has 0 aromatic carbocycles. The van der Waals surface area contributed by atoms with Gasteiger partial charge in [0, 0.05) is 12.3 Å². The number of carbonyl (C=O) groups is 2. The molecule has 5 heteroatoms. The molecule has 5 nitrogen and oxygen atoms in total. The Bertz CT molecular complexity index is 669. The van der Waals surface area contributed by atoms with E-state index in [2.05, 4.69) is 10.3 Å². The number of rotatable bonds is 2. The summed E-state index contributed by atoms with van der Waals surface area (Å²) in [5.74, 6) is 0.212. The van der Waals surface area contributed by atoms with E-state index in [-0.39, 0.29) is 11.8 Å². The second kappa shape index (κ2) is 5.80. The van der Waals surface area contributed by atoms with Crippen LogP contribution in [0.4, 0.5) is 5.82 Å². The molecule has 0 radical (unpaired) electrons. The maximum absolute atomic E-state index is 12.1. The Morgan fingerprint density at radius 1 is 1.39 bits per heavy atom. The largest absolute Gasteiger partial charge is 0.457 e. The Morgan fingerprint density at radius 2 is 2.04 bits per heavy atom. The Hall–Kier alpha value is -2.17. The molecule has 1 aliphatic rings. The SMILES string of the molecule is CC1c2cc(/C=C/C(=O)OC(C)(C)C)cnc2NC(=O)C1(C)C. The highest BCUT2D eigenvalue weighted by Gasteiger charge is 2.40. The first-order valence-corrected chi connectivity index (χ1v) is 7.73. The summed E-state index contributed by atoms with van der Waals surface area (Å²) in [5.41, 5.74) is 0.759. The number of nitrogens with zero attached hydrogens (tertiary/aromatic N) is 1. The van der Waals surface area contributed by atoms with E-state index in [9.17, 15) is 9.59 Å². The van der Waals surface area contributed by atoms with E-state index < -0.39 is 17.0 Å². The number of amides is 1. The number of aromatic nitrogens is 1. The van der Waals surface area contributed by atoms with Crippen molar-refractivity contribution in [1.82, 2.24) is 4.98 Å². The molecule has 1 aromatic heterocycles. The number of anilines is 1. The number of carbonyl (C=O) groups excluding carboxylic acids is 2. The first-order valence-electron chi connectivity index (χ1n) is 7.73. The molecule has 2 heterocycles. The lowest BCUT2D eigenvalue weighted by molar-refractivity contribution is -0.148. The number of ether oxygens (including phenoxy) is 1. The smallest absolute Gasteiger partial charge is 0.331 e. The minimum absolute atomic E-state index is 0.0259. The fourth-order valence-electron chi connectivity index (χ4n) is 2.38. The normalized spacial score (nSPS) is 20.1. The van der Waals surface area contributed by atoms with Gasteiger partial charge in [-0.1, -0.05) is 20.8 Å². The molecule has 23 heavy (non-hydrogen) atoms. The van der Waals surface area contributed by atoms with Crippen LogP contribution in [0.15, 0.2) is 18.3 Å². The minimum Gasteiger partial charge on any atom is -0.457 e. The van der Waals surface area contributed by atoms with Crippen LogP contribution >= 0.6 is 0 Å². The second-order valence-electron chi connectivity index (χ2n) is 7.47. The van der Waals surface area contributed by atoms with Crippen molar-refractivity contribution in [2.45, 2.75) is 53.1 Å². The summed E-state index contributed by atoms with van der Waals surface area (Å²) in [6.45, 7) is 11.3. The topological polar surface area (TPSA) is 68.3 Å². The Morgan fingerprint density at radius 3 is 2.65 bits per heavy atom. The number of pyridine rings is 1. The highest BCUT2D eigenvalue weighted by Crippen LogP contribution is 2.42. The van der Waals surface area contributed by atoms with E-state index in [1.54, 1.807) is 12.3 Å². The average molecular weight is 316 g/mol. The van der Waals surface area contributed by atoms with Gasteiger partial charge >= 0.3 is 5.97 Å². The maximum atomic E-state index is 12.1. The minimum atomic E-state index is -0.516. The fourth-order valence-corrected chi connectivity index (χ4v) is 2.38. The van der Waals surface area contributed by atoms with Gasteiger partial charge in [0.25, 0.3) is 0 Å². The molecule has 2 rings (SSSR count). The number of nitrogens with one attached hydrogen (secondary N) is 1. The van der Waals surface area contributed by atoms with E-state index in [1.807, 2.05) is 47.6 Å². The van der Waals surface area contributed by atoms with Crippen LogP contribution in [0.5, 0.6) is 0 Å². The number of fused-ring (bicyclic) bond motifs is 1. The molecule has 0 fully saturated rings. The van der Waals surface area contributed by atoms with Crippen molar-refractivity contribution in [2.75, 3.05) is 5.32 Å². The van der Waals surface area contributed by atoms with Crippen LogP contribution in [-0.2, 0) is 14.3 Å². The molecule has 1 atom stereocenters. The maximum Gasteiger partial charge on any atom is 0.331 e. The van der Waals surface area contributed by atoms with Gasteiger partial charge in [-0.2, -0.15) is 0 Å². The molecule has 0 spiro atoms. The van der Waals surface area contributed by atoms with Gasteiger partial charge in [0.2, 0.25) is 5.91 Å². The second-order valence-corrected chi connectivity index (χ2v) is 7.47. The molecular weight excluding hydrogens is 292 g/mol. The summed E-state index contributed by atoms with van der Waals surface area (Å²) in [6.07, 6.45) is 4.70. The van der Waals surface area contributed by atoms with Crippen LogP contribution in [0.2, 0.25) is 0 Å². The Kier molecular flexibility index (Phi) is 4.33. The van der Waals surface area contributed by atoms with Gasteiger partial charge in [-0.3, -0.25) is 4.79 Å². The van der Waals surface area contributed by atoms with Gasteiger partial charge < -0.3 is 10.1 Å². The van der Waals surface area contributed by atoms with Crippen LogP contribution in [0, 0.1) is 5.41 Å². The van der Waals surface area contributed by atoms with Gasteiger partial charge in [0.1, 0.15) is 11.4 Å². The number of hydrogen-bond donors (Lipinski definition) is 1. The predicted octanol–water partition coefficient (Wildman–Crippen LogP) is 3.52. The van der Waals surface area contributed by atoms with Gasteiger partial charge in [0.05, 0.1) is 5.41 Å². The molecular formula is C18H24N2O3. The Labute approximate surface area is 137 Å². The molecule has 1 amide bonds. The van der Waals surface area contributed by atoms with Gasteiger partial charge in [-0.25, -0.2) is 9.78 Å². The highest BCUT2D eigenvalue weighted by molar-refractivity contribution is 5.98. The van der Waals surface area contributed by atoms with E-state index in [4.69, 9.17) is 4.74 Å². The van der Waals surface area contributed by atoms with Crippen molar-refractivity contribution in [3.8, 4) is 0 Å². The molecule has 0 saturated carbocycles. The van der Waals surface area contributed by atoms with Crippen molar-refractivity contribution >= 4 is 23.8 Å². The van der Waals surface area contributed by atoms with Crippen molar-refractivity contribution in [2.24, 2.45) is 5.41 Å². The summed E-state index contributed by atoms with van der Waals surface area (Å²) in [4.78, 5) is 28.1. The third-order valence-electron chi connectivity index (χ3n) is 4.12. The van der Waals surface area contributed by atoms with Crippen LogP contribution in [0.1, 0.15) is 58.6 Å². The van der Waals surface area contributed by atoms with Gasteiger partial charge in [-0.05, 0) is 50.0 Å². The van der Waals surface area contributed by atoms with Crippen LogP contribution in [-0.4, -0.2) is 22.5 Å². The zero-order valence-electron chi connectivity index (χ0n) is 14.6. The molecule has 124 valence electrons. The van der Waals surface area contributed by atoms with Crippen LogP contribution in [0.25, 0.3) is 6.08 Å². The summed E-state index contributed by atoms with van der Waals surface area (Å²) < 4.78 is 5.24. The lowest BCUT2D eigenvalue weighted by atomic mass is 9.73. The molecule has 0 bridgehead atoms. The van der Waals surface area contributed by atoms with Crippen molar-refractivity contribution < 1.29 is 14.3 Å². The van der Waals surface area contributed by atoms with E-state index in [0.29, 0.717) is 5.82 Å². The Balaban J connectivity index is 2.24. The first kappa shape index (κ1) is 17.2. The highest BCUT2D eigenvalue weighted by atomic mass is 16.6. The van der Waals surface area contributed by atoms with E-state index in [1.165, 1.54) is 6.08 Å². The summed E-state index contributed by atoms with van der Waals surface area (Å²) in [6, 6.07) is 1.95. The number of hydrogen-bond acceptors (Lipinski definition) is 4. The van der Waals surface area contributed by atoms with E-state index >= 15 is 0 Å². The lowest BCUT2D eigenvalue weighted by Gasteiger charge is -2.36. The first-order chi connectivity index (χ1) is 10.5. The van der Waals surface area contributed by atoms with Crippen LogP contribution in [0.3, 0.4) is 0 Å². The van der Waals surface area contributed by atoms with Crippen LogP contribution < -0.4 is 5.32 Å².